The molecule has 0 aromatic carbocycles. The average molecular weight is 308 g/mol. The van der Waals surface area contributed by atoms with Crippen molar-refractivity contribution >= 4 is 5.97 Å². The van der Waals surface area contributed by atoms with Crippen LogP contribution in [-0.2, 0) is 9.53 Å². The highest BCUT2D eigenvalue weighted by Gasteiger charge is 2.36. The first-order valence-corrected chi connectivity index (χ1v) is 9.31. The first kappa shape index (κ1) is 16.3. The third-order valence-electron chi connectivity index (χ3n) is 6.02. The van der Waals surface area contributed by atoms with Crippen molar-refractivity contribution in [1.29, 1.82) is 0 Å². The number of hydrogen-bond acceptors (Lipinski definition) is 4. The van der Waals surface area contributed by atoms with E-state index in [9.17, 15) is 4.79 Å². The SMILES string of the molecule is COC(=O)C1CC(NCC2CCCC2)CN(C2CCCC2)C1. The minimum absolute atomic E-state index is 0.0182. The molecular weight excluding hydrogens is 276 g/mol. The predicted molar refractivity (Wildman–Crippen MR) is 87.7 cm³/mol. The number of methoxy groups -OCH3 is 1. The van der Waals surface area contributed by atoms with E-state index in [1.807, 2.05) is 0 Å². The van der Waals surface area contributed by atoms with Gasteiger partial charge in [0, 0.05) is 25.2 Å². The molecule has 0 amide bonds. The van der Waals surface area contributed by atoms with Crippen molar-refractivity contribution in [2.75, 3.05) is 26.7 Å². The molecular formula is C18H32N2O2. The Balaban J connectivity index is 1.56. The number of rotatable bonds is 5. The minimum Gasteiger partial charge on any atom is -0.469 e. The Labute approximate surface area is 135 Å². The van der Waals surface area contributed by atoms with Crippen LogP contribution in [0.5, 0.6) is 0 Å². The number of piperidine rings is 1. The van der Waals surface area contributed by atoms with E-state index in [1.165, 1.54) is 58.5 Å². The van der Waals surface area contributed by atoms with Gasteiger partial charge in [-0.3, -0.25) is 9.69 Å². The van der Waals surface area contributed by atoms with Crippen LogP contribution in [0.15, 0.2) is 0 Å². The van der Waals surface area contributed by atoms with Crippen molar-refractivity contribution in [2.45, 2.75) is 69.9 Å². The Bertz CT molecular complexity index is 362. The van der Waals surface area contributed by atoms with E-state index in [-0.39, 0.29) is 11.9 Å². The molecule has 2 aliphatic carbocycles. The molecule has 4 nitrogen and oxygen atoms in total. The molecule has 22 heavy (non-hydrogen) atoms. The second-order valence-electron chi connectivity index (χ2n) is 7.60. The van der Waals surface area contributed by atoms with Gasteiger partial charge in [-0.05, 0) is 44.6 Å². The molecule has 4 heteroatoms. The van der Waals surface area contributed by atoms with E-state index in [1.54, 1.807) is 0 Å². The van der Waals surface area contributed by atoms with Gasteiger partial charge in [0.2, 0.25) is 0 Å². The number of carbonyl (C=O) groups excluding carboxylic acids is 1. The number of likely N-dealkylation sites (tertiary alicyclic amines) is 1. The third kappa shape index (κ3) is 4.02. The summed E-state index contributed by atoms with van der Waals surface area (Å²) in [6, 6.07) is 1.15. The molecule has 126 valence electrons. The van der Waals surface area contributed by atoms with E-state index >= 15 is 0 Å². The summed E-state index contributed by atoms with van der Waals surface area (Å²) in [7, 11) is 1.53. The highest BCUT2D eigenvalue weighted by atomic mass is 16.5. The molecule has 2 atom stereocenters. The number of esters is 1. The van der Waals surface area contributed by atoms with Gasteiger partial charge in [0.25, 0.3) is 0 Å². The van der Waals surface area contributed by atoms with Crippen molar-refractivity contribution in [1.82, 2.24) is 10.2 Å². The number of nitrogens with zero attached hydrogens (tertiary/aromatic N) is 1. The highest BCUT2D eigenvalue weighted by Crippen LogP contribution is 2.29. The van der Waals surface area contributed by atoms with Crippen molar-refractivity contribution in [3.05, 3.63) is 0 Å². The molecule has 1 aliphatic heterocycles. The van der Waals surface area contributed by atoms with Gasteiger partial charge in [0.15, 0.2) is 0 Å². The van der Waals surface area contributed by atoms with Gasteiger partial charge in [-0.1, -0.05) is 25.7 Å². The van der Waals surface area contributed by atoms with Crippen LogP contribution in [0, 0.1) is 11.8 Å². The number of nitrogens with one attached hydrogen (secondary N) is 1. The molecule has 0 radical (unpaired) electrons. The van der Waals surface area contributed by atoms with Crippen molar-refractivity contribution in [3.8, 4) is 0 Å². The topological polar surface area (TPSA) is 41.6 Å². The first-order valence-electron chi connectivity index (χ1n) is 9.31. The normalized spacial score (nSPS) is 31.7. The summed E-state index contributed by atoms with van der Waals surface area (Å²) in [6.07, 6.45) is 11.8. The quantitative estimate of drug-likeness (QED) is 0.793. The maximum atomic E-state index is 12.1. The summed E-state index contributed by atoms with van der Waals surface area (Å²) in [5, 5.41) is 3.78. The van der Waals surface area contributed by atoms with Gasteiger partial charge in [-0.25, -0.2) is 0 Å². The Kier molecular flexibility index (Phi) is 5.75. The molecule has 0 bridgehead atoms. The summed E-state index contributed by atoms with van der Waals surface area (Å²) in [6.45, 7) is 3.15. The maximum Gasteiger partial charge on any atom is 0.310 e. The largest absolute Gasteiger partial charge is 0.469 e. The lowest BCUT2D eigenvalue weighted by molar-refractivity contribution is -0.148. The monoisotopic (exact) mass is 308 g/mol. The predicted octanol–water partition coefficient (Wildman–Crippen LogP) is 2.57. The van der Waals surface area contributed by atoms with Crippen LogP contribution in [0.3, 0.4) is 0 Å². The lowest BCUT2D eigenvalue weighted by atomic mass is 9.92. The van der Waals surface area contributed by atoms with Crippen LogP contribution in [0.1, 0.15) is 57.8 Å². The zero-order valence-electron chi connectivity index (χ0n) is 14.1. The van der Waals surface area contributed by atoms with Crippen LogP contribution in [0.25, 0.3) is 0 Å². The maximum absolute atomic E-state index is 12.1. The van der Waals surface area contributed by atoms with E-state index < -0.39 is 0 Å². The summed E-state index contributed by atoms with van der Waals surface area (Å²) in [5.41, 5.74) is 0. The fraction of sp³-hybridized carbons (Fsp3) is 0.944. The Morgan fingerprint density at radius 3 is 2.45 bits per heavy atom. The van der Waals surface area contributed by atoms with Gasteiger partial charge in [0.1, 0.15) is 0 Å². The van der Waals surface area contributed by atoms with E-state index in [0.717, 1.165) is 32.0 Å². The van der Waals surface area contributed by atoms with Crippen molar-refractivity contribution in [2.24, 2.45) is 11.8 Å². The molecule has 3 fully saturated rings. The highest BCUT2D eigenvalue weighted by molar-refractivity contribution is 5.72. The number of ether oxygens (including phenoxy) is 1. The van der Waals surface area contributed by atoms with Gasteiger partial charge in [-0.15, -0.1) is 0 Å². The second-order valence-corrected chi connectivity index (χ2v) is 7.60. The summed E-state index contributed by atoms with van der Waals surface area (Å²) >= 11 is 0. The molecule has 0 spiro atoms. The van der Waals surface area contributed by atoms with Gasteiger partial charge >= 0.3 is 5.97 Å². The standard InChI is InChI=1S/C18H32N2O2/c1-22-18(21)15-10-16(19-11-14-6-2-3-7-14)13-20(12-15)17-8-4-5-9-17/h14-17,19H,2-13H2,1H3. The molecule has 2 saturated carbocycles. The molecule has 3 rings (SSSR count). The molecule has 0 aromatic rings. The molecule has 3 aliphatic rings. The average Bonchev–Trinajstić information content (AvgIpc) is 3.25. The van der Waals surface area contributed by atoms with Gasteiger partial charge < -0.3 is 10.1 Å². The molecule has 1 heterocycles. The van der Waals surface area contributed by atoms with Crippen LogP contribution < -0.4 is 5.32 Å². The Morgan fingerprint density at radius 1 is 1.09 bits per heavy atom. The lowest BCUT2D eigenvalue weighted by Gasteiger charge is -2.40. The van der Waals surface area contributed by atoms with Crippen LogP contribution in [-0.4, -0.2) is 49.7 Å². The molecule has 0 aromatic heterocycles. The second kappa shape index (κ2) is 7.78. The van der Waals surface area contributed by atoms with Crippen molar-refractivity contribution < 1.29 is 9.53 Å². The zero-order chi connectivity index (χ0) is 15.4. The number of carbonyl (C=O) groups is 1. The Morgan fingerprint density at radius 2 is 1.77 bits per heavy atom. The Hall–Kier alpha value is -0.610. The van der Waals surface area contributed by atoms with Crippen LogP contribution >= 0.6 is 0 Å². The zero-order valence-corrected chi connectivity index (χ0v) is 14.1. The minimum atomic E-state index is -0.0182. The van der Waals surface area contributed by atoms with Crippen LogP contribution in [0.4, 0.5) is 0 Å². The molecule has 1 saturated heterocycles. The van der Waals surface area contributed by atoms with Crippen molar-refractivity contribution in [3.63, 3.8) is 0 Å². The van der Waals surface area contributed by atoms with E-state index in [2.05, 4.69) is 10.2 Å². The fourth-order valence-electron chi connectivity index (χ4n) is 4.73. The molecule has 2 unspecified atom stereocenters. The van der Waals surface area contributed by atoms with Gasteiger partial charge in [-0.2, -0.15) is 0 Å². The lowest BCUT2D eigenvalue weighted by Crippen LogP contribution is -2.54. The summed E-state index contributed by atoms with van der Waals surface area (Å²) in [4.78, 5) is 14.6. The smallest absolute Gasteiger partial charge is 0.310 e. The van der Waals surface area contributed by atoms with Gasteiger partial charge in [0.05, 0.1) is 13.0 Å². The fourth-order valence-corrected chi connectivity index (χ4v) is 4.73. The summed E-state index contributed by atoms with van der Waals surface area (Å²) in [5.74, 6) is 0.897. The summed E-state index contributed by atoms with van der Waals surface area (Å²) < 4.78 is 5.03. The van der Waals surface area contributed by atoms with Crippen LogP contribution in [0.2, 0.25) is 0 Å². The third-order valence-corrected chi connectivity index (χ3v) is 6.02. The molecule has 1 N–H and O–H groups in total. The van der Waals surface area contributed by atoms with E-state index in [0.29, 0.717) is 12.1 Å². The number of hydrogen-bond donors (Lipinski definition) is 1. The first-order chi connectivity index (χ1) is 10.8. The van der Waals surface area contributed by atoms with E-state index in [4.69, 9.17) is 4.74 Å².